The van der Waals surface area contributed by atoms with E-state index in [-0.39, 0.29) is 11.9 Å². The van der Waals surface area contributed by atoms with Crippen molar-refractivity contribution in [1.82, 2.24) is 25.1 Å². The molecule has 4 rings (SSSR count). The van der Waals surface area contributed by atoms with E-state index in [4.69, 9.17) is 0 Å². The summed E-state index contributed by atoms with van der Waals surface area (Å²) in [5, 5.41) is 14.3. The molecule has 2 aromatic rings. The van der Waals surface area contributed by atoms with Gasteiger partial charge in [-0.05, 0) is 60.9 Å². The zero-order valence-electron chi connectivity index (χ0n) is 14.3. The van der Waals surface area contributed by atoms with Gasteiger partial charge in [-0.2, -0.15) is 0 Å². The zero-order valence-corrected chi connectivity index (χ0v) is 14.3. The Balaban J connectivity index is 1.45. The van der Waals surface area contributed by atoms with Gasteiger partial charge in [0.25, 0.3) is 0 Å². The summed E-state index contributed by atoms with van der Waals surface area (Å²) in [7, 11) is 0. The van der Waals surface area contributed by atoms with E-state index < -0.39 is 0 Å². The number of anilines is 1. The lowest BCUT2D eigenvalue weighted by atomic mass is 9.93. The number of benzene rings is 1. The van der Waals surface area contributed by atoms with Crippen LogP contribution in [0.3, 0.4) is 0 Å². The molecule has 1 aromatic heterocycles. The molecule has 0 spiro atoms. The van der Waals surface area contributed by atoms with Crippen LogP contribution >= 0.6 is 0 Å². The summed E-state index contributed by atoms with van der Waals surface area (Å²) < 4.78 is 1.58. The Labute approximate surface area is 147 Å². The maximum absolute atomic E-state index is 12.9. The molecule has 2 aliphatic rings. The minimum Gasteiger partial charge on any atom is -0.325 e. The van der Waals surface area contributed by atoms with E-state index in [9.17, 15) is 4.79 Å². The minimum absolute atomic E-state index is 0.000192. The predicted molar refractivity (Wildman–Crippen MR) is 94.4 cm³/mol. The van der Waals surface area contributed by atoms with Crippen LogP contribution in [0.25, 0.3) is 5.69 Å². The summed E-state index contributed by atoms with van der Waals surface area (Å²) in [6.07, 6.45) is 10.0. The second-order valence-electron chi connectivity index (χ2n) is 6.98. The first-order valence-corrected chi connectivity index (χ1v) is 9.21. The summed E-state index contributed by atoms with van der Waals surface area (Å²) in [6, 6.07) is 8.20. The van der Waals surface area contributed by atoms with Crippen LogP contribution in [0.15, 0.2) is 30.6 Å². The molecular formula is C18H24N6O. The van der Waals surface area contributed by atoms with Crippen molar-refractivity contribution in [2.24, 2.45) is 0 Å². The standard InChI is InChI=1S/C18H24N6O/c25-18(17-10-5-11-23(17)15-7-2-1-3-8-15)20-14-6-4-9-16(12-14)24-13-19-21-22-24/h4,6,9,12-13,15,17H,1-3,5,7-8,10-11H2,(H,20,25)/t17-/m1/s1. The molecular weight excluding hydrogens is 316 g/mol. The van der Waals surface area contributed by atoms with Crippen LogP contribution in [-0.2, 0) is 4.79 Å². The highest BCUT2D eigenvalue weighted by Crippen LogP contribution is 2.29. The van der Waals surface area contributed by atoms with Crippen molar-refractivity contribution in [3.8, 4) is 5.69 Å². The summed E-state index contributed by atoms with van der Waals surface area (Å²) in [5.74, 6) is 0.108. The average Bonchev–Trinajstić information content (AvgIpc) is 3.34. The van der Waals surface area contributed by atoms with E-state index in [1.165, 1.54) is 32.1 Å². The molecule has 1 aromatic carbocycles. The molecule has 25 heavy (non-hydrogen) atoms. The number of carbonyl (C=O) groups excluding carboxylic acids is 1. The number of likely N-dealkylation sites (tertiary alicyclic amines) is 1. The van der Waals surface area contributed by atoms with Crippen LogP contribution in [-0.4, -0.2) is 49.6 Å². The molecule has 1 aliphatic heterocycles. The largest absolute Gasteiger partial charge is 0.325 e. The highest BCUT2D eigenvalue weighted by molar-refractivity contribution is 5.95. The van der Waals surface area contributed by atoms with Gasteiger partial charge in [-0.1, -0.05) is 25.3 Å². The first kappa shape index (κ1) is 16.2. The quantitative estimate of drug-likeness (QED) is 0.925. The number of carbonyl (C=O) groups is 1. The molecule has 1 aliphatic carbocycles. The topological polar surface area (TPSA) is 75.9 Å². The zero-order chi connectivity index (χ0) is 17.1. The Morgan fingerprint density at radius 1 is 1.12 bits per heavy atom. The number of nitrogens with zero attached hydrogens (tertiary/aromatic N) is 5. The highest BCUT2D eigenvalue weighted by atomic mass is 16.2. The third kappa shape index (κ3) is 3.56. The lowest BCUT2D eigenvalue weighted by molar-refractivity contribution is -0.121. The fourth-order valence-electron chi connectivity index (χ4n) is 4.15. The lowest BCUT2D eigenvalue weighted by Crippen LogP contribution is -2.46. The van der Waals surface area contributed by atoms with Crippen molar-refractivity contribution < 1.29 is 4.79 Å². The van der Waals surface area contributed by atoms with Crippen molar-refractivity contribution in [3.63, 3.8) is 0 Å². The van der Waals surface area contributed by atoms with Gasteiger partial charge in [-0.25, -0.2) is 4.68 Å². The van der Waals surface area contributed by atoms with Crippen molar-refractivity contribution in [2.45, 2.75) is 57.0 Å². The molecule has 1 amide bonds. The van der Waals surface area contributed by atoms with Crippen LogP contribution in [0.5, 0.6) is 0 Å². The molecule has 1 N–H and O–H groups in total. The molecule has 1 saturated heterocycles. The van der Waals surface area contributed by atoms with Crippen LogP contribution in [0, 0.1) is 0 Å². The first-order valence-electron chi connectivity index (χ1n) is 9.21. The number of hydrogen-bond donors (Lipinski definition) is 1. The van der Waals surface area contributed by atoms with Gasteiger partial charge in [0.2, 0.25) is 5.91 Å². The molecule has 2 fully saturated rings. The smallest absolute Gasteiger partial charge is 0.241 e. The Kier molecular flexibility index (Phi) is 4.74. The van der Waals surface area contributed by atoms with E-state index in [0.717, 1.165) is 30.8 Å². The Bertz CT molecular complexity index is 710. The maximum Gasteiger partial charge on any atom is 0.241 e. The van der Waals surface area contributed by atoms with Gasteiger partial charge in [0.05, 0.1) is 11.7 Å². The summed E-state index contributed by atoms with van der Waals surface area (Å²) in [5.41, 5.74) is 1.62. The third-order valence-corrected chi connectivity index (χ3v) is 5.37. The molecule has 0 bridgehead atoms. The van der Waals surface area contributed by atoms with Gasteiger partial charge in [-0.3, -0.25) is 9.69 Å². The van der Waals surface area contributed by atoms with Crippen LogP contribution < -0.4 is 5.32 Å². The second-order valence-corrected chi connectivity index (χ2v) is 6.98. The number of amides is 1. The molecule has 7 heteroatoms. The average molecular weight is 340 g/mol. The Hall–Kier alpha value is -2.28. The highest BCUT2D eigenvalue weighted by Gasteiger charge is 2.35. The molecule has 132 valence electrons. The second kappa shape index (κ2) is 7.31. The van der Waals surface area contributed by atoms with Gasteiger partial charge in [0, 0.05) is 11.7 Å². The van der Waals surface area contributed by atoms with Gasteiger partial charge in [0.1, 0.15) is 6.33 Å². The van der Waals surface area contributed by atoms with E-state index in [2.05, 4.69) is 25.7 Å². The van der Waals surface area contributed by atoms with Gasteiger partial charge >= 0.3 is 0 Å². The molecule has 1 saturated carbocycles. The predicted octanol–water partition coefficient (Wildman–Crippen LogP) is 2.40. The minimum atomic E-state index is -0.000192. The number of hydrogen-bond acceptors (Lipinski definition) is 5. The monoisotopic (exact) mass is 340 g/mol. The van der Waals surface area contributed by atoms with E-state index in [0.29, 0.717) is 6.04 Å². The number of nitrogens with one attached hydrogen (secondary N) is 1. The van der Waals surface area contributed by atoms with E-state index >= 15 is 0 Å². The molecule has 0 radical (unpaired) electrons. The maximum atomic E-state index is 12.9. The van der Waals surface area contributed by atoms with Gasteiger partial charge in [-0.15, -0.1) is 5.10 Å². The number of rotatable bonds is 4. The number of tetrazole rings is 1. The van der Waals surface area contributed by atoms with Crippen molar-refractivity contribution in [1.29, 1.82) is 0 Å². The summed E-state index contributed by atoms with van der Waals surface area (Å²) >= 11 is 0. The SMILES string of the molecule is O=C(Nc1cccc(-n2cnnn2)c1)[C@H]1CCCN1C1CCCCC1. The van der Waals surface area contributed by atoms with Crippen molar-refractivity contribution in [2.75, 3.05) is 11.9 Å². The fraction of sp³-hybridized carbons (Fsp3) is 0.556. The summed E-state index contributed by atoms with van der Waals surface area (Å²) in [4.78, 5) is 15.3. The van der Waals surface area contributed by atoms with Crippen molar-refractivity contribution in [3.05, 3.63) is 30.6 Å². The van der Waals surface area contributed by atoms with Gasteiger partial charge in [0.15, 0.2) is 0 Å². The van der Waals surface area contributed by atoms with E-state index in [1.807, 2.05) is 24.3 Å². The van der Waals surface area contributed by atoms with Crippen LogP contribution in [0.4, 0.5) is 5.69 Å². The molecule has 2 heterocycles. The Morgan fingerprint density at radius 2 is 2.00 bits per heavy atom. The van der Waals surface area contributed by atoms with Crippen LogP contribution in [0.2, 0.25) is 0 Å². The normalized spacial score (nSPS) is 22.2. The molecule has 7 nitrogen and oxygen atoms in total. The third-order valence-electron chi connectivity index (χ3n) is 5.37. The fourth-order valence-corrected chi connectivity index (χ4v) is 4.15. The summed E-state index contributed by atoms with van der Waals surface area (Å²) in [6.45, 7) is 1.05. The van der Waals surface area contributed by atoms with Gasteiger partial charge < -0.3 is 5.32 Å². The molecule has 1 atom stereocenters. The van der Waals surface area contributed by atoms with Crippen molar-refractivity contribution >= 4 is 11.6 Å². The van der Waals surface area contributed by atoms with E-state index in [1.54, 1.807) is 11.0 Å². The first-order chi connectivity index (χ1) is 12.3. The Morgan fingerprint density at radius 3 is 2.80 bits per heavy atom. The molecule has 0 unspecified atom stereocenters. The number of aromatic nitrogens is 4. The van der Waals surface area contributed by atoms with Crippen LogP contribution in [0.1, 0.15) is 44.9 Å². The lowest BCUT2D eigenvalue weighted by Gasteiger charge is -2.34.